The standard InChI is InChI=1S/C10H6BrClN2O3/c11-6-3-5(12)1-4(8(6)15)2-7-9(16)14-10(17)13-7/h1-3,15H,(H2,13,14,16,17)/b7-2+. The molecule has 2 rings (SSSR count). The van der Waals surface area contributed by atoms with E-state index >= 15 is 0 Å². The van der Waals surface area contributed by atoms with Crippen LogP contribution in [0.2, 0.25) is 5.02 Å². The van der Waals surface area contributed by atoms with Gasteiger partial charge in [0.05, 0.1) is 4.47 Å². The molecular formula is C10H6BrClN2O3. The summed E-state index contributed by atoms with van der Waals surface area (Å²) in [6, 6.07) is 2.40. The first-order chi connectivity index (χ1) is 7.97. The Labute approximate surface area is 110 Å². The van der Waals surface area contributed by atoms with Gasteiger partial charge in [-0.3, -0.25) is 10.1 Å². The Morgan fingerprint density at radius 2 is 2.00 bits per heavy atom. The number of amides is 3. The molecule has 88 valence electrons. The highest BCUT2D eigenvalue weighted by atomic mass is 79.9. The van der Waals surface area contributed by atoms with E-state index in [9.17, 15) is 14.7 Å². The van der Waals surface area contributed by atoms with Crippen molar-refractivity contribution in [2.24, 2.45) is 0 Å². The van der Waals surface area contributed by atoms with Gasteiger partial charge in [-0.1, -0.05) is 11.6 Å². The van der Waals surface area contributed by atoms with Gasteiger partial charge in [0.15, 0.2) is 0 Å². The Kier molecular flexibility index (Phi) is 3.08. The molecule has 3 N–H and O–H groups in total. The van der Waals surface area contributed by atoms with E-state index in [0.717, 1.165) is 0 Å². The third-order valence-corrected chi connectivity index (χ3v) is 2.90. The average Bonchev–Trinajstić information content (AvgIpc) is 2.53. The lowest BCUT2D eigenvalue weighted by Gasteiger charge is -2.03. The molecule has 0 unspecified atom stereocenters. The van der Waals surface area contributed by atoms with Gasteiger partial charge < -0.3 is 10.4 Å². The summed E-state index contributed by atoms with van der Waals surface area (Å²) in [5.41, 5.74) is 0.385. The number of halogens is 2. The van der Waals surface area contributed by atoms with Crippen LogP contribution >= 0.6 is 27.5 Å². The average molecular weight is 318 g/mol. The third-order valence-electron chi connectivity index (χ3n) is 2.08. The molecule has 17 heavy (non-hydrogen) atoms. The number of phenols is 1. The smallest absolute Gasteiger partial charge is 0.326 e. The Morgan fingerprint density at radius 1 is 1.29 bits per heavy atom. The molecule has 0 spiro atoms. The normalized spacial score (nSPS) is 17.2. The minimum atomic E-state index is -0.596. The Morgan fingerprint density at radius 3 is 2.59 bits per heavy atom. The lowest BCUT2D eigenvalue weighted by Crippen LogP contribution is -2.22. The molecule has 1 aliphatic rings. The van der Waals surface area contributed by atoms with Crippen LogP contribution in [-0.2, 0) is 4.79 Å². The fraction of sp³-hybridized carbons (Fsp3) is 0. The van der Waals surface area contributed by atoms with Crippen LogP contribution in [0, 0.1) is 0 Å². The van der Waals surface area contributed by atoms with E-state index in [1.165, 1.54) is 18.2 Å². The molecule has 1 aliphatic heterocycles. The quantitative estimate of drug-likeness (QED) is 0.547. The number of aromatic hydroxyl groups is 1. The fourth-order valence-corrected chi connectivity index (χ4v) is 2.17. The van der Waals surface area contributed by atoms with Crippen molar-refractivity contribution in [2.45, 2.75) is 0 Å². The zero-order chi connectivity index (χ0) is 12.6. The maximum absolute atomic E-state index is 11.3. The number of phenolic OH excluding ortho intramolecular Hbond substituents is 1. The van der Waals surface area contributed by atoms with Gasteiger partial charge in [-0.05, 0) is 34.1 Å². The highest BCUT2D eigenvalue weighted by molar-refractivity contribution is 9.10. The lowest BCUT2D eigenvalue weighted by molar-refractivity contribution is -0.115. The van der Waals surface area contributed by atoms with E-state index in [4.69, 9.17) is 11.6 Å². The van der Waals surface area contributed by atoms with Crippen molar-refractivity contribution in [3.8, 4) is 5.75 Å². The van der Waals surface area contributed by atoms with Crippen molar-refractivity contribution in [1.82, 2.24) is 10.6 Å². The Balaban J connectivity index is 2.46. The number of urea groups is 1. The van der Waals surface area contributed by atoms with Gasteiger partial charge in [0.2, 0.25) is 0 Å². The van der Waals surface area contributed by atoms with Crippen LogP contribution in [0.25, 0.3) is 6.08 Å². The summed E-state index contributed by atoms with van der Waals surface area (Å²) >= 11 is 8.94. The van der Waals surface area contributed by atoms with E-state index < -0.39 is 11.9 Å². The predicted octanol–water partition coefficient (Wildman–Crippen LogP) is 1.99. The summed E-state index contributed by atoms with van der Waals surface area (Å²) in [6.45, 7) is 0. The van der Waals surface area contributed by atoms with Crippen LogP contribution in [0.5, 0.6) is 5.75 Å². The molecule has 1 aromatic rings. The van der Waals surface area contributed by atoms with Crippen LogP contribution in [0.15, 0.2) is 22.3 Å². The van der Waals surface area contributed by atoms with Gasteiger partial charge in [0, 0.05) is 10.6 Å². The van der Waals surface area contributed by atoms with Crippen molar-refractivity contribution < 1.29 is 14.7 Å². The molecule has 7 heteroatoms. The minimum Gasteiger partial charge on any atom is -0.506 e. The van der Waals surface area contributed by atoms with E-state index in [2.05, 4.69) is 26.6 Å². The number of rotatable bonds is 1. The molecule has 0 saturated carbocycles. The predicted molar refractivity (Wildman–Crippen MR) is 65.5 cm³/mol. The summed E-state index contributed by atoms with van der Waals surface area (Å²) in [7, 11) is 0. The topological polar surface area (TPSA) is 78.4 Å². The van der Waals surface area contributed by atoms with Crippen molar-refractivity contribution in [1.29, 1.82) is 0 Å². The SMILES string of the molecule is O=C1NC(=O)/C(=C\c2cc(Cl)cc(Br)c2O)N1. The summed E-state index contributed by atoms with van der Waals surface area (Å²) < 4.78 is 0.404. The maximum atomic E-state index is 11.3. The number of imide groups is 1. The molecule has 0 radical (unpaired) electrons. The number of carbonyl (C=O) groups excluding carboxylic acids is 2. The van der Waals surface area contributed by atoms with Crippen LogP contribution in [0.1, 0.15) is 5.56 Å². The first kappa shape index (κ1) is 11.9. The number of benzene rings is 1. The molecule has 5 nitrogen and oxygen atoms in total. The van der Waals surface area contributed by atoms with Crippen LogP contribution in [-0.4, -0.2) is 17.0 Å². The first-order valence-corrected chi connectivity index (χ1v) is 5.66. The molecule has 0 aliphatic carbocycles. The zero-order valence-corrected chi connectivity index (χ0v) is 10.6. The van der Waals surface area contributed by atoms with E-state index in [1.54, 1.807) is 0 Å². The van der Waals surface area contributed by atoms with Gasteiger partial charge in [-0.15, -0.1) is 0 Å². The zero-order valence-electron chi connectivity index (χ0n) is 8.25. The number of carbonyl (C=O) groups is 2. The summed E-state index contributed by atoms with van der Waals surface area (Å²) in [6.07, 6.45) is 1.34. The summed E-state index contributed by atoms with van der Waals surface area (Å²) in [4.78, 5) is 22.2. The number of nitrogens with one attached hydrogen (secondary N) is 2. The maximum Gasteiger partial charge on any atom is 0.326 e. The van der Waals surface area contributed by atoms with Crippen molar-refractivity contribution in [3.63, 3.8) is 0 Å². The minimum absolute atomic E-state index is 0.0551. The van der Waals surface area contributed by atoms with E-state index in [0.29, 0.717) is 15.1 Å². The second-order valence-corrected chi connectivity index (χ2v) is 4.58. The largest absolute Gasteiger partial charge is 0.506 e. The van der Waals surface area contributed by atoms with Gasteiger partial charge in [-0.25, -0.2) is 4.79 Å². The van der Waals surface area contributed by atoms with Crippen LogP contribution in [0.4, 0.5) is 4.79 Å². The molecule has 1 heterocycles. The fourth-order valence-electron chi connectivity index (χ4n) is 1.33. The van der Waals surface area contributed by atoms with E-state index in [1.807, 2.05) is 0 Å². The van der Waals surface area contributed by atoms with Crippen LogP contribution < -0.4 is 10.6 Å². The highest BCUT2D eigenvalue weighted by Gasteiger charge is 2.23. The van der Waals surface area contributed by atoms with Crippen molar-refractivity contribution in [3.05, 3.63) is 32.9 Å². The van der Waals surface area contributed by atoms with Gasteiger partial charge in [0.1, 0.15) is 11.4 Å². The second-order valence-electron chi connectivity index (χ2n) is 3.29. The molecular weight excluding hydrogens is 311 g/mol. The van der Waals surface area contributed by atoms with Gasteiger partial charge >= 0.3 is 6.03 Å². The van der Waals surface area contributed by atoms with Gasteiger partial charge in [-0.2, -0.15) is 0 Å². The highest BCUT2D eigenvalue weighted by Crippen LogP contribution is 2.32. The lowest BCUT2D eigenvalue weighted by atomic mass is 10.1. The second kappa shape index (κ2) is 4.38. The number of hydrogen-bond donors (Lipinski definition) is 3. The first-order valence-electron chi connectivity index (χ1n) is 4.49. The van der Waals surface area contributed by atoms with Crippen molar-refractivity contribution >= 4 is 45.5 Å². The Hall–Kier alpha value is -1.53. The van der Waals surface area contributed by atoms with Gasteiger partial charge in [0.25, 0.3) is 5.91 Å². The third kappa shape index (κ3) is 2.42. The molecule has 1 fully saturated rings. The Bertz CT molecular complexity index is 557. The van der Waals surface area contributed by atoms with Crippen molar-refractivity contribution in [2.75, 3.05) is 0 Å². The molecule has 3 amide bonds. The molecule has 0 bridgehead atoms. The van der Waals surface area contributed by atoms with Crippen LogP contribution in [0.3, 0.4) is 0 Å². The molecule has 1 saturated heterocycles. The monoisotopic (exact) mass is 316 g/mol. The molecule has 0 atom stereocenters. The molecule has 0 aromatic heterocycles. The van der Waals surface area contributed by atoms with E-state index in [-0.39, 0.29) is 11.4 Å². The number of hydrogen-bond acceptors (Lipinski definition) is 3. The summed E-state index contributed by atoms with van der Waals surface area (Å²) in [5, 5.41) is 14.5. The molecule has 1 aromatic carbocycles. The summed E-state index contributed by atoms with van der Waals surface area (Å²) in [5.74, 6) is -0.610.